The van der Waals surface area contributed by atoms with Crippen molar-refractivity contribution < 1.29 is 22.7 Å². The van der Waals surface area contributed by atoms with E-state index >= 15 is 0 Å². The van der Waals surface area contributed by atoms with Gasteiger partial charge in [0.2, 0.25) is 0 Å². The molecule has 0 amide bonds. The molecule has 1 aliphatic heterocycles. The number of hydrogen-bond donors (Lipinski definition) is 1. The summed E-state index contributed by atoms with van der Waals surface area (Å²) < 4.78 is 52.2. The molecular formula is C24H24F4N2O. The summed E-state index contributed by atoms with van der Waals surface area (Å²) in [6.07, 6.45) is -4.50. The van der Waals surface area contributed by atoms with E-state index in [1.54, 1.807) is 18.2 Å². The molecule has 0 bridgehead atoms. The van der Waals surface area contributed by atoms with Crippen LogP contribution >= 0.6 is 0 Å². The van der Waals surface area contributed by atoms with E-state index in [2.05, 4.69) is 9.80 Å². The van der Waals surface area contributed by atoms with Gasteiger partial charge in [-0.05, 0) is 47.7 Å². The first kappa shape index (κ1) is 21.6. The molecule has 1 saturated heterocycles. The van der Waals surface area contributed by atoms with Crippen LogP contribution in [-0.4, -0.2) is 42.7 Å². The van der Waals surface area contributed by atoms with Gasteiger partial charge in [-0.2, -0.15) is 13.2 Å². The molecule has 3 nitrogen and oxygen atoms in total. The molecule has 1 aliphatic rings. The van der Waals surface area contributed by atoms with Gasteiger partial charge in [-0.1, -0.05) is 30.3 Å². The lowest BCUT2D eigenvalue weighted by Gasteiger charge is -2.36. The van der Waals surface area contributed by atoms with Crippen molar-refractivity contribution in [2.75, 3.05) is 37.6 Å². The molecule has 7 heteroatoms. The van der Waals surface area contributed by atoms with Crippen LogP contribution in [0.1, 0.15) is 23.7 Å². The number of benzene rings is 3. The maximum absolute atomic E-state index is 14.0. The molecule has 0 radical (unpaired) electrons. The number of nitrogens with zero attached hydrogens (tertiary/aromatic N) is 2. The van der Waals surface area contributed by atoms with Crippen molar-refractivity contribution >= 4 is 16.5 Å². The predicted molar refractivity (Wildman–Crippen MR) is 114 cm³/mol. The highest BCUT2D eigenvalue weighted by atomic mass is 19.4. The Bertz CT molecular complexity index is 1030. The fourth-order valence-corrected chi connectivity index (χ4v) is 4.13. The van der Waals surface area contributed by atoms with Gasteiger partial charge in [-0.3, -0.25) is 4.90 Å². The molecule has 1 N–H and O–H groups in total. The van der Waals surface area contributed by atoms with Crippen molar-refractivity contribution in [1.82, 2.24) is 4.90 Å². The van der Waals surface area contributed by atoms with Crippen molar-refractivity contribution in [2.45, 2.75) is 18.7 Å². The monoisotopic (exact) mass is 432 g/mol. The molecule has 0 aromatic heterocycles. The first-order chi connectivity index (χ1) is 14.8. The van der Waals surface area contributed by atoms with Crippen LogP contribution in [0.4, 0.5) is 23.2 Å². The van der Waals surface area contributed by atoms with Crippen molar-refractivity contribution in [3.8, 4) is 0 Å². The zero-order chi connectivity index (χ0) is 22.0. The van der Waals surface area contributed by atoms with E-state index in [1.807, 2.05) is 12.1 Å². The molecule has 0 spiro atoms. The third-order valence-electron chi connectivity index (χ3n) is 5.91. The zero-order valence-electron chi connectivity index (χ0n) is 16.9. The van der Waals surface area contributed by atoms with Gasteiger partial charge in [-0.25, -0.2) is 4.39 Å². The SMILES string of the molecule is OC(CCN1CCN(c2ccc(C(F)(F)F)cc2)CC1)c1ccc(F)c2ccccc12. The third kappa shape index (κ3) is 4.83. The topological polar surface area (TPSA) is 26.7 Å². The molecule has 4 rings (SSSR count). The molecule has 0 saturated carbocycles. The van der Waals surface area contributed by atoms with Gasteiger partial charge in [0.1, 0.15) is 5.82 Å². The highest BCUT2D eigenvalue weighted by molar-refractivity contribution is 5.86. The average Bonchev–Trinajstić information content (AvgIpc) is 2.78. The van der Waals surface area contributed by atoms with Crippen LogP contribution in [0.3, 0.4) is 0 Å². The summed E-state index contributed by atoms with van der Waals surface area (Å²) in [4.78, 5) is 4.30. The highest BCUT2D eigenvalue weighted by Crippen LogP contribution is 2.31. The highest BCUT2D eigenvalue weighted by Gasteiger charge is 2.30. The van der Waals surface area contributed by atoms with E-state index in [1.165, 1.54) is 18.2 Å². The normalized spacial score (nSPS) is 16.6. The number of hydrogen-bond acceptors (Lipinski definition) is 3. The Labute approximate surface area is 178 Å². The minimum absolute atomic E-state index is 0.300. The second-order valence-electron chi connectivity index (χ2n) is 7.86. The largest absolute Gasteiger partial charge is 0.416 e. The Kier molecular flexibility index (Phi) is 6.16. The number of fused-ring (bicyclic) bond motifs is 1. The maximum atomic E-state index is 14.0. The van der Waals surface area contributed by atoms with Gasteiger partial charge in [0, 0.05) is 43.8 Å². The molecule has 0 aliphatic carbocycles. The minimum Gasteiger partial charge on any atom is -0.388 e. The number of aliphatic hydroxyl groups excluding tert-OH is 1. The van der Waals surface area contributed by atoms with Gasteiger partial charge in [0.15, 0.2) is 0 Å². The van der Waals surface area contributed by atoms with Gasteiger partial charge < -0.3 is 10.0 Å². The van der Waals surface area contributed by atoms with Crippen molar-refractivity contribution in [3.63, 3.8) is 0 Å². The van der Waals surface area contributed by atoms with Crippen molar-refractivity contribution in [3.05, 3.63) is 77.6 Å². The molecule has 1 fully saturated rings. The molecular weight excluding hydrogens is 408 g/mol. The molecule has 164 valence electrons. The number of rotatable bonds is 5. The van der Waals surface area contributed by atoms with Crippen LogP contribution in [0.2, 0.25) is 0 Å². The summed E-state index contributed by atoms with van der Waals surface area (Å²) in [6, 6.07) is 15.4. The maximum Gasteiger partial charge on any atom is 0.416 e. The lowest BCUT2D eigenvalue weighted by atomic mass is 9.98. The molecule has 3 aromatic rings. The van der Waals surface area contributed by atoms with Crippen molar-refractivity contribution in [2.24, 2.45) is 0 Å². The summed E-state index contributed by atoms with van der Waals surface area (Å²) in [5.41, 5.74) is 0.864. The Hall–Kier alpha value is -2.64. The quantitative estimate of drug-likeness (QED) is 0.559. The summed E-state index contributed by atoms with van der Waals surface area (Å²) in [7, 11) is 0. The number of anilines is 1. The van der Waals surface area contributed by atoms with E-state index in [-0.39, 0.29) is 5.82 Å². The van der Waals surface area contributed by atoms with Gasteiger partial charge in [-0.15, -0.1) is 0 Å². The predicted octanol–water partition coefficient (Wildman–Crippen LogP) is 5.24. The van der Waals surface area contributed by atoms with Crippen LogP contribution in [0.15, 0.2) is 60.7 Å². The summed E-state index contributed by atoms with van der Waals surface area (Å²) >= 11 is 0. The van der Waals surface area contributed by atoms with Gasteiger partial charge >= 0.3 is 6.18 Å². The van der Waals surface area contributed by atoms with Crippen LogP contribution in [0.25, 0.3) is 10.8 Å². The van der Waals surface area contributed by atoms with Crippen LogP contribution in [0.5, 0.6) is 0 Å². The third-order valence-corrected chi connectivity index (χ3v) is 5.91. The molecule has 31 heavy (non-hydrogen) atoms. The number of alkyl halides is 3. The fourth-order valence-electron chi connectivity index (χ4n) is 4.13. The van der Waals surface area contributed by atoms with Crippen LogP contribution < -0.4 is 4.90 Å². The van der Waals surface area contributed by atoms with E-state index in [0.717, 1.165) is 41.9 Å². The minimum atomic E-state index is -4.33. The first-order valence-corrected chi connectivity index (χ1v) is 10.3. The Balaban J connectivity index is 1.32. The summed E-state index contributed by atoms with van der Waals surface area (Å²) in [5.74, 6) is -0.300. The second-order valence-corrected chi connectivity index (χ2v) is 7.86. The van der Waals surface area contributed by atoms with Crippen LogP contribution in [-0.2, 0) is 6.18 Å². The molecule has 1 heterocycles. The Morgan fingerprint density at radius 2 is 1.48 bits per heavy atom. The average molecular weight is 432 g/mol. The van der Waals surface area contributed by atoms with E-state index in [0.29, 0.717) is 31.4 Å². The lowest BCUT2D eigenvalue weighted by molar-refractivity contribution is -0.137. The van der Waals surface area contributed by atoms with E-state index in [4.69, 9.17) is 0 Å². The second kappa shape index (κ2) is 8.85. The Morgan fingerprint density at radius 1 is 0.839 bits per heavy atom. The summed E-state index contributed by atoms with van der Waals surface area (Å²) in [6.45, 7) is 3.63. The molecule has 3 aromatic carbocycles. The molecule has 1 atom stereocenters. The first-order valence-electron chi connectivity index (χ1n) is 10.3. The van der Waals surface area contributed by atoms with E-state index < -0.39 is 17.8 Å². The van der Waals surface area contributed by atoms with Crippen LogP contribution in [0, 0.1) is 5.82 Å². The molecule has 1 unspecified atom stereocenters. The smallest absolute Gasteiger partial charge is 0.388 e. The summed E-state index contributed by atoms with van der Waals surface area (Å²) in [5, 5.41) is 11.9. The Morgan fingerprint density at radius 3 is 2.13 bits per heavy atom. The number of piperazine rings is 1. The van der Waals surface area contributed by atoms with E-state index in [9.17, 15) is 22.7 Å². The number of aliphatic hydroxyl groups is 1. The standard InChI is InChI=1S/C24H24F4N2O/c25-22-10-9-21(19-3-1-2-4-20(19)22)23(31)11-12-29-13-15-30(16-14-29)18-7-5-17(6-8-18)24(26,27)28/h1-10,23,31H,11-16H2. The fraction of sp³-hybridized carbons (Fsp3) is 0.333. The zero-order valence-corrected chi connectivity index (χ0v) is 16.9. The van der Waals surface area contributed by atoms with Gasteiger partial charge in [0.05, 0.1) is 11.7 Å². The number of halogens is 4. The van der Waals surface area contributed by atoms with Gasteiger partial charge in [0.25, 0.3) is 0 Å². The lowest BCUT2D eigenvalue weighted by Crippen LogP contribution is -2.46. The van der Waals surface area contributed by atoms with Crippen molar-refractivity contribution in [1.29, 1.82) is 0 Å².